The number of fused-ring (bicyclic) bond motifs is 3. The van der Waals surface area contributed by atoms with Crippen molar-refractivity contribution in [3.63, 3.8) is 0 Å². The lowest BCUT2D eigenvalue weighted by Crippen LogP contribution is -2.25. The number of hydrogen-bond acceptors (Lipinski definition) is 5. The number of thiophene rings is 1. The molecule has 1 aliphatic carbocycles. The lowest BCUT2D eigenvalue weighted by atomic mass is 10.1. The van der Waals surface area contributed by atoms with Crippen LogP contribution in [0, 0.1) is 13.8 Å². The van der Waals surface area contributed by atoms with E-state index in [1.807, 2.05) is 39.0 Å². The fourth-order valence-electron chi connectivity index (χ4n) is 3.53. The Hall–Kier alpha value is -2.12. The Balaban J connectivity index is 1.59. The molecule has 0 saturated carbocycles. The van der Waals surface area contributed by atoms with Gasteiger partial charge in [-0.05, 0) is 62.8 Å². The molecule has 4 rings (SSSR count). The van der Waals surface area contributed by atoms with E-state index in [1.54, 1.807) is 23.0 Å². The van der Waals surface area contributed by atoms with Gasteiger partial charge in [0.1, 0.15) is 4.83 Å². The molecule has 1 amide bonds. The Labute approximate surface area is 172 Å². The summed E-state index contributed by atoms with van der Waals surface area (Å²) in [4.78, 5) is 32.4. The van der Waals surface area contributed by atoms with Gasteiger partial charge in [0.2, 0.25) is 5.91 Å². The molecule has 28 heavy (non-hydrogen) atoms. The molecule has 1 aliphatic rings. The van der Waals surface area contributed by atoms with Gasteiger partial charge < -0.3 is 5.32 Å². The van der Waals surface area contributed by atoms with E-state index in [4.69, 9.17) is 4.98 Å². The number of rotatable bonds is 4. The monoisotopic (exact) mass is 413 g/mol. The SMILES string of the molecule is Cc1ccc(C)c(NC(=O)[C@H](C)Sc2nc3sc4c(c3c(=O)n2C)CCC4)c1. The summed E-state index contributed by atoms with van der Waals surface area (Å²) in [5, 5.41) is 3.99. The fraction of sp³-hybridized carbons (Fsp3) is 0.381. The van der Waals surface area contributed by atoms with Crippen molar-refractivity contribution >= 4 is 44.9 Å². The lowest BCUT2D eigenvalue weighted by molar-refractivity contribution is -0.115. The zero-order valence-corrected chi connectivity index (χ0v) is 18.1. The molecule has 7 heteroatoms. The molecule has 0 saturated heterocycles. The predicted molar refractivity (Wildman–Crippen MR) is 117 cm³/mol. The first-order valence-corrected chi connectivity index (χ1v) is 11.1. The van der Waals surface area contributed by atoms with Gasteiger partial charge >= 0.3 is 0 Å². The molecule has 0 bridgehead atoms. The van der Waals surface area contributed by atoms with Crippen molar-refractivity contribution in [2.75, 3.05) is 5.32 Å². The van der Waals surface area contributed by atoms with Gasteiger partial charge in [-0.25, -0.2) is 4.98 Å². The van der Waals surface area contributed by atoms with Crippen molar-refractivity contribution in [2.45, 2.75) is 50.4 Å². The van der Waals surface area contributed by atoms with Crippen LogP contribution in [0.25, 0.3) is 10.2 Å². The minimum atomic E-state index is -0.373. The minimum absolute atomic E-state index is 0.00552. The molecule has 0 aliphatic heterocycles. The van der Waals surface area contributed by atoms with Crippen LogP contribution >= 0.6 is 23.1 Å². The van der Waals surface area contributed by atoms with E-state index in [9.17, 15) is 9.59 Å². The highest BCUT2D eigenvalue weighted by Gasteiger charge is 2.24. The van der Waals surface area contributed by atoms with Crippen LogP contribution in [0.5, 0.6) is 0 Å². The second kappa shape index (κ2) is 7.37. The van der Waals surface area contributed by atoms with Crippen molar-refractivity contribution in [1.29, 1.82) is 0 Å². The Kier molecular flexibility index (Phi) is 5.05. The van der Waals surface area contributed by atoms with E-state index in [2.05, 4.69) is 5.32 Å². The molecule has 146 valence electrons. The van der Waals surface area contributed by atoms with E-state index >= 15 is 0 Å². The van der Waals surface area contributed by atoms with Gasteiger partial charge in [-0.3, -0.25) is 14.2 Å². The average Bonchev–Trinajstić information content (AvgIpc) is 3.23. The second-order valence-electron chi connectivity index (χ2n) is 7.36. The Morgan fingerprint density at radius 2 is 2.11 bits per heavy atom. The van der Waals surface area contributed by atoms with E-state index in [0.717, 1.165) is 46.3 Å². The molecule has 1 aromatic carbocycles. The summed E-state index contributed by atoms with van der Waals surface area (Å²) in [7, 11) is 1.74. The summed E-state index contributed by atoms with van der Waals surface area (Å²) in [6, 6.07) is 5.99. The second-order valence-corrected chi connectivity index (χ2v) is 9.76. The van der Waals surface area contributed by atoms with Gasteiger partial charge in [0.25, 0.3) is 5.56 Å². The molecule has 1 atom stereocenters. The summed E-state index contributed by atoms with van der Waals surface area (Å²) in [6.07, 6.45) is 3.12. The van der Waals surface area contributed by atoms with E-state index in [-0.39, 0.29) is 16.7 Å². The molecule has 2 heterocycles. The van der Waals surface area contributed by atoms with E-state index in [1.165, 1.54) is 22.2 Å². The molecule has 0 fully saturated rings. The number of anilines is 1. The lowest BCUT2D eigenvalue weighted by Gasteiger charge is -2.15. The number of nitrogens with one attached hydrogen (secondary N) is 1. The van der Waals surface area contributed by atoms with Gasteiger partial charge in [-0.15, -0.1) is 11.3 Å². The summed E-state index contributed by atoms with van der Waals surface area (Å²) >= 11 is 2.95. The number of benzene rings is 1. The minimum Gasteiger partial charge on any atom is -0.325 e. The molecular weight excluding hydrogens is 390 g/mol. The molecule has 1 N–H and O–H groups in total. The van der Waals surface area contributed by atoms with Crippen LogP contribution in [0.2, 0.25) is 0 Å². The van der Waals surface area contributed by atoms with Crippen molar-refractivity contribution in [3.8, 4) is 0 Å². The number of thioether (sulfide) groups is 1. The van der Waals surface area contributed by atoms with Gasteiger partial charge in [0, 0.05) is 17.6 Å². The molecule has 2 aromatic heterocycles. The number of amides is 1. The first kappa shape index (κ1) is 19.2. The summed E-state index contributed by atoms with van der Waals surface area (Å²) in [5.74, 6) is -0.0956. The van der Waals surface area contributed by atoms with Crippen LogP contribution in [0.15, 0.2) is 28.2 Å². The van der Waals surface area contributed by atoms with Crippen molar-refractivity contribution in [3.05, 3.63) is 50.1 Å². The summed E-state index contributed by atoms with van der Waals surface area (Å²) in [6.45, 7) is 5.82. The molecule has 0 radical (unpaired) electrons. The van der Waals surface area contributed by atoms with E-state index in [0.29, 0.717) is 5.16 Å². The van der Waals surface area contributed by atoms with Gasteiger partial charge in [0.05, 0.1) is 10.6 Å². The molecule has 3 aromatic rings. The highest BCUT2D eigenvalue weighted by atomic mass is 32.2. The first-order chi connectivity index (χ1) is 13.3. The third kappa shape index (κ3) is 3.37. The van der Waals surface area contributed by atoms with Crippen LogP contribution in [0.4, 0.5) is 5.69 Å². The van der Waals surface area contributed by atoms with Gasteiger partial charge in [-0.2, -0.15) is 0 Å². The first-order valence-electron chi connectivity index (χ1n) is 9.41. The van der Waals surface area contributed by atoms with Crippen LogP contribution < -0.4 is 10.9 Å². The Bertz CT molecular complexity index is 1150. The summed E-state index contributed by atoms with van der Waals surface area (Å²) in [5.41, 5.74) is 4.13. The maximum atomic E-state index is 12.9. The Morgan fingerprint density at radius 3 is 2.89 bits per heavy atom. The number of aromatic nitrogens is 2. The van der Waals surface area contributed by atoms with Crippen LogP contribution in [0.3, 0.4) is 0 Å². The smallest absolute Gasteiger partial charge is 0.262 e. The van der Waals surface area contributed by atoms with Crippen molar-refractivity contribution in [1.82, 2.24) is 9.55 Å². The molecule has 5 nitrogen and oxygen atoms in total. The standard InChI is InChI=1S/C21H23N3O2S2/c1-11-8-9-12(2)15(10-11)22-18(25)13(3)27-21-23-19-17(20(26)24(21)4)14-6-5-7-16(14)28-19/h8-10,13H,5-7H2,1-4H3,(H,22,25)/t13-/m0/s1. The highest BCUT2D eigenvalue weighted by Crippen LogP contribution is 2.35. The van der Waals surface area contributed by atoms with Gasteiger partial charge in [0.15, 0.2) is 5.16 Å². The normalized spacial score (nSPS) is 14.3. The van der Waals surface area contributed by atoms with Crippen LogP contribution in [-0.2, 0) is 24.7 Å². The molecule has 0 spiro atoms. The third-order valence-electron chi connectivity index (χ3n) is 5.21. The number of hydrogen-bond donors (Lipinski definition) is 1. The van der Waals surface area contributed by atoms with Crippen molar-refractivity contribution in [2.24, 2.45) is 7.05 Å². The van der Waals surface area contributed by atoms with Crippen molar-refractivity contribution < 1.29 is 4.79 Å². The number of carbonyl (C=O) groups excluding carboxylic acids is 1. The zero-order chi connectivity index (χ0) is 20.0. The summed E-state index contributed by atoms with van der Waals surface area (Å²) < 4.78 is 1.58. The maximum Gasteiger partial charge on any atom is 0.262 e. The Morgan fingerprint density at radius 1 is 1.32 bits per heavy atom. The quantitative estimate of drug-likeness (QED) is 0.514. The number of carbonyl (C=O) groups is 1. The number of nitrogens with zero attached hydrogens (tertiary/aromatic N) is 2. The van der Waals surface area contributed by atoms with Crippen LogP contribution in [0.1, 0.15) is 34.9 Å². The third-order valence-corrected chi connectivity index (χ3v) is 7.54. The highest BCUT2D eigenvalue weighted by molar-refractivity contribution is 8.00. The van der Waals surface area contributed by atoms with E-state index < -0.39 is 0 Å². The fourth-order valence-corrected chi connectivity index (χ4v) is 5.70. The maximum absolute atomic E-state index is 12.9. The molecular formula is C21H23N3O2S2. The number of aryl methyl sites for hydroxylation is 4. The molecule has 0 unspecified atom stereocenters. The zero-order valence-electron chi connectivity index (χ0n) is 16.5. The van der Waals surface area contributed by atoms with Gasteiger partial charge in [-0.1, -0.05) is 23.9 Å². The predicted octanol–water partition coefficient (Wildman–Crippen LogP) is 4.22. The topological polar surface area (TPSA) is 64.0 Å². The largest absolute Gasteiger partial charge is 0.325 e. The van der Waals surface area contributed by atoms with Crippen LogP contribution in [-0.4, -0.2) is 20.7 Å². The average molecular weight is 414 g/mol.